The van der Waals surface area contributed by atoms with E-state index in [0.29, 0.717) is 31.5 Å². The van der Waals surface area contributed by atoms with Gasteiger partial charge in [0.15, 0.2) is 0 Å². The lowest BCUT2D eigenvalue weighted by Gasteiger charge is -2.44. The van der Waals surface area contributed by atoms with Crippen LogP contribution in [-0.4, -0.2) is 9.13 Å². The molecule has 60 heavy (non-hydrogen) atoms. The molecule has 0 saturated heterocycles. The Bertz CT molecular complexity index is 2920. The van der Waals surface area contributed by atoms with Gasteiger partial charge in [-0.15, -0.1) is 45.3 Å². The Morgan fingerprint density at radius 2 is 0.983 bits per heavy atom. The van der Waals surface area contributed by atoms with Gasteiger partial charge >= 0.3 is 0 Å². The van der Waals surface area contributed by atoms with Crippen LogP contribution in [0.1, 0.15) is 142 Å². The van der Waals surface area contributed by atoms with Gasteiger partial charge in [-0.05, 0) is 110 Å². The molecule has 3 spiro atoms. The number of nitrogens with zero attached hydrogens (tertiary/aromatic N) is 6. The Kier molecular flexibility index (Phi) is 9.62. The quantitative estimate of drug-likeness (QED) is 0.192. The fraction of sp³-hybridized carbons (Fsp3) is 0.458. The molecule has 4 heterocycles. The molecule has 3 saturated carbocycles. The Morgan fingerprint density at radius 1 is 0.617 bits per heavy atom. The molecule has 4 aromatic rings. The van der Waals surface area contributed by atoms with E-state index >= 15 is 0 Å². The van der Waals surface area contributed by atoms with Crippen LogP contribution in [0.5, 0.6) is 0 Å². The fourth-order valence-corrected chi connectivity index (χ4v) is 17.4. The molecular weight excluding hydrogens is 821 g/mol. The predicted molar refractivity (Wildman–Crippen MR) is 244 cm³/mol. The average Bonchev–Trinajstić information content (AvgIpc) is 4.12. The highest BCUT2D eigenvalue weighted by atomic mass is 32.1. The zero-order chi connectivity index (χ0) is 41.6. The van der Waals surface area contributed by atoms with E-state index in [4.69, 9.17) is 13.1 Å². The first-order chi connectivity index (χ1) is 29.2. The molecule has 0 aromatic carbocycles. The second kappa shape index (κ2) is 14.7. The van der Waals surface area contributed by atoms with Crippen molar-refractivity contribution in [2.45, 2.75) is 139 Å². The summed E-state index contributed by atoms with van der Waals surface area (Å²) in [5.41, 5.74) is 7.88. The van der Waals surface area contributed by atoms with Crippen molar-refractivity contribution in [3.63, 3.8) is 0 Å². The number of hydrogen-bond donors (Lipinski definition) is 0. The van der Waals surface area contributed by atoms with E-state index < -0.39 is 0 Å². The molecule has 10 rings (SSSR count). The Morgan fingerprint density at radius 3 is 1.32 bits per heavy atom. The number of rotatable bonds is 4. The van der Waals surface area contributed by atoms with Crippen molar-refractivity contribution in [3.05, 3.63) is 105 Å². The van der Waals surface area contributed by atoms with Gasteiger partial charge in [0.25, 0.3) is 22.5 Å². The minimum absolute atomic E-state index is 0.0304. The highest BCUT2D eigenvalue weighted by Crippen LogP contribution is 2.71. The molecule has 0 atom stereocenters. The minimum Gasteiger partial charge on any atom is -0.307 e. The highest BCUT2D eigenvalue weighted by molar-refractivity contribution is 7.24. The van der Waals surface area contributed by atoms with Crippen molar-refractivity contribution in [1.29, 1.82) is 10.5 Å². The smallest absolute Gasteiger partial charge is 0.294 e. The number of fused-ring (bicyclic) bond motifs is 11. The van der Waals surface area contributed by atoms with Crippen LogP contribution in [0.15, 0.2) is 20.7 Å². The van der Waals surface area contributed by atoms with Gasteiger partial charge in [-0.3, -0.25) is 9.59 Å². The van der Waals surface area contributed by atoms with E-state index in [9.17, 15) is 20.1 Å². The largest absolute Gasteiger partial charge is 0.307 e. The molecule has 4 aromatic heterocycles. The third kappa shape index (κ3) is 5.31. The highest BCUT2D eigenvalue weighted by Gasteiger charge is 2.58. The van der Waals surface area contributed by atoms with Gasteiger partial charge in [-0.1, -0.05) is 57.8 Å². The normalized spacial score (nSPS) is 21.7. The van der Waals surface area contributed by atoms with E-state index in [1.165, 1.54) is 96.6 Å². The summed E-state index contributed by atoms with van der Waals surface area (Å²) in [6.45, 7) is 19.9. The predicted octanol–water partition coefficient (Wildman–Crippen LogP) is 8.79. The van der Waals surface area contributed by atoms with Crippen LogP contribution in [0.3, 0.4) is 0 Å². The Balaban J connectivity index is 1.18. The molecule has 0 unspecified atom stereocenters. The third-order valence-electron chi connectivity index (χ3n) is 14.7. The van der Waals surface area contributed by atoms with Gasteiger partial charge in [0, 0.05) is 48.8 Å². The van der Waals surface area contributed by atoms with Crippen LogP contribution >= 0.6 is 45.3 Å². The summed E-state index contributed by atoms with van der Waals surface area (Å²) >= 11 is 6.50. The van der Waals surface area contributed by atoms with Gasteiger partial charge in [0.05, 0.1) is 34.3 Å². The number of hydrogen-bond acceptors (Lipinski definition) is 8. The molecule has 8 nitrogen and oxygen atoms in total. The van der Waals surface area contributed by atoms with Gasteiger partial charge < -0.3 is 9.13 Å². The zero-order valence-electron chi connectivity index (χ0n) is 34.0. The monoisotopic (exact) mass is 864 g/mol. The van der Waals surface area contributed by atoms with Crippen molar-refractivity contribution in [2.75, 3.05) is 0 Å². The molecule has 0 radical (unpaired) electrons. The van der Waals surface area contributed by atoms with Gasteiger partial charge in [-0.2, -0.15) is 0 Å². The van der Waals surface area contributed by atoms with Crippen LogP contribution < -0.4 is 29.5 Å². The van der Waals surface area contributed by atoms with Crippen molar-refractivity contribution in [2.24, 2.45) is 0 Å². The van der Waals surface area contributed by atoms with Crippen LogP contribution in [0.2, 0.25) is 0 Å². The van der Waals surface area contributed by atoms with E-state index in [0.717, 1.165) is 64.2 Å². The summed E-state index contributed by atoms with van der Waals surface area (Å²) in [6, 6.07) is 4.05. The second-order valence-electron chi connectivity index (χ2n) is 17.3. The number of nitriles is 2. The summed E-state index contributed by atoms with van der Waals surface area (Å²) in [4.78, 5) is 40.4. The SMILES string of the molecule is [C-]#[N+]/C(C#N)=c1\s/c(=C\C2=Cc3sc4c(c3C23CCCCC3)C2(CCCCC2)c2c-4sc3c2C2(CCCCC2)C(/C=c2\s/c(=C(\C#N)[N+]#[C-])n(CC)c2=O)=C3)c(=O)n1CC. The molecule has 0 N–H and O–H groups in total. The molecule has 0 aliphatic heterocycles. The molecular formula is C48H44N6O2S4. The van der Waals surface area contributed by atoms with E-state index in [-0.39, 0.29) is 38.8 Å². The van der Waals surface area contributed by atoms with Crippen molar-refractivity contribution >= 4 is 81.0 Å². The topological polar surface area (TPSA) is 100 Å². The maximum Gasteiger partial charge on any atom is 0.294 e. The number of thiazole rings is 2. The maximum atomic E-state index is 13.9. The number of thiophene rings is 2. The van der Waals surface area contributed by atoms with Crippen molar-refractivity contribution < 1.29 is 0 Å². The van der Waals surface area contributed by atoms with Crippen LogP contribution in [0.4, 0.5) is 0 Å². The van der Waals surface area contributed by atoms with E-state index in [1.807, 2.05) is 48.7 Å². The number of aromatic nitrogens is 2. The first-order valence-corrected chi connectivity index (χ1v) is 24.8. The van der Waals surface area contributed by atoms with Crippen molar-refractivity contribution in [1.82, 2.24) is 9.13 Å². The molecule has 6 aliphatic rings. The van der Waals surface area contributed by atoms with Crippen LogP contribution in [-0.2, 0) is 29.3 Å². The summed E-state index contributed by atoms with van der Waals surface area (Å²) in [7, 11) is 0. The molecule has 12 heteroatoms. The van der Waals surface area contributed by atoms with Gasteiger partial charge in [-0.25, -0.2) is 20.2 Å². The summed E-state index contributed by atoms with van der Waals surface area (Å²) in [5.74, 6) is 0. The lowest BCUT2D eigenvalue weighted by Crippen LogP contribution is -2.38. The third-order valence-corrected chi connectivity index (χ3v) is 19.3. The lowest BCUT2D eigenvalue weighted by molar-refractivity contribution is 0.314. The van der Waals surface area contributed by atoms with Gasteiger partial charge in [0.2, 0.25) is 0 Å². The van der Waals surface area contributed by atoms with E-state index in [1.54, 1.807) is 20.3 Å². The Labute approximate surface area is 365 Å². The fourth-order valence-electron chi connectivity index (χ4n) is 12.1. The lowest BCUT2D eigenvalue weighted by atomic mass is 9.58. The first-order valence-electron chi connectivity index (χ1n) is 21.5. The molecule has 3 fully saturated rings. The Hall–Kier alpha value is -4.82. The summed E-state index contributed by atoms with van der Waals surface area (Å²) in [6.07, 6.45) is 26.1. The first kappa shape index (κ1) is 39.3. The molecule has 0 bridgehead atoms. The number of allylic oxidation sites excluding steroid dienone is 2. The molecule has 302 valence electrons. The molecule has 0 amide bonds. The second-order valence-corrected chi connectivity index (χ2v) is 21.5. The maximum absolute atomic E-state index is 13.9. The summed E-state index contributed by atoms with van der Waals surface area (Å²) < 4.78 is 5.28. The van der Waals surface area contributed by atoms with Crippen LogP contribution in [0, 0.1) is 35.8 Å². The molecule has 6 aliphatic carbocycles. The van der Waals surface area contributed by atoms with Gasteiger partial charge in [0.1, 0.15) is 9.33 Å². The average molecular weight is 865 g/mol. The summed E-state index contributed by atoms with van der Waals surface area (Å²) in [5, 5.41) is 19.5. The van der Waals surface area contributed by atoms with Crippen LogP contribution in [0.25, 0.3) is 55.1 Å². The zero-order valence-corrected chi connectivity index (χ0v) is 37.2. The van der Waals surface area contributed by atoms with Crippen molar-refractivity contribution in [3.8, 4) is 21.9 Å². The standard InChI is InChI=1S/C48H44N6O2S4/c1-5-53-42(55)34(59-44(53)30(26-49)51-3)24-28-22-32-36(46(28)16-10-7-11-17-46)38-40(57-32)41-39(48(38)20-14-9-15-21-48)37-33(58-41)23-29(47(37)18-12-8-13-19-47)25-35-43(56)54(6-2)45(60-35)31(27-50)52-4/h22-25H,5-21H2,1-2H3/b34-24-,35-25-,44-30-,45-31+. The van der Waals surface area contributed by atoms with E-state index in [2.05, 4.69) is 34.0 Å². The minimum atomic E-state index is -0.185.